The number of nitrogens with zero attached hydrogens (tertiary/aromatic N) is 3. The molecule has 0 bridgehead atoms. The van der Waals surface area contributed by atoms with E-state index < -0.39 is 0 Å². The van der Waals surface area contributed by atoms with Crippen molar-refractivity contribution in [2.45, 2.75) is 13.8 Å². The topological polar surface area (TPSA) is 31.4 Å². The van der Waals surface area contributed by atoms with Crippen LogP contribution in [-0.4, -0.2) is 50.2 Å². The average Bonchev–Trinajstić information content (AvgIpc) is 2.48. The van der Waals surface area contributed by atoms with Crippen molar-refractivity contribution in [1.29, 1.82) is 0 Å². The van der Waals surface area contributed by atoms with E-state index in [-0.39, 0.29) is 0 Å². The van der Waals surface area contributed by atoms with Crippen molar-refractivity contribution in [3.05, 3.63) is 30.5 Å². The molecule has 0 aliphatic carbocycles. The summed E-state index contributed by atoms with van der Waals surface area (Å²) in [4.78, 5) is 9.03. The van der Waals surface area contributed by atoms with Crippen LogP contribution < -0.4 is 10.2 Å². The van der Waals surface area contributed by atoms with Gasteiger partial charge in [0.1, 0.15) is 5.82 Å². The van der Waals surface area contributed by atoms with Gasteiger partial charge in [-0.2, -0.15) is 0 Å². The minimum Gasteiger partial charge on any atom is -0.384 e. The van der Waals surface area contributed by atoms with Gasteiger partial charge in [0, 0.05) is 43.4 Å². The monoisotopic (exact) mass is 286 g/mol. The van der Waals surface area contributed by atoms with Gasteiger partial charge < -0.3 is 15.1 Å². The molecule has 1 heterocycles. The molecule has 2 aromatic rings. The zero-order valence-electron chi connectivity index (χ0n) is 13.6. The number of hydrogen-bond acceptors (Lipinski definition) is 4. The van der Waals surface area contributed by atoms with Gasteiger partial charge in [0.05, 0.1) is 0 Å². The fourth-order valence-corrected chi connectivity index (χ4v) is 2.47. The highest BCUT2D eigenvalue weighted by Gasteiger charge is 2.08. The summed E-state index contributed by atoms with van der Waals surface area (Å²) in [5, 5.41) is 5.93. The molecule has 2 rings (SSSR count). The Labute approximate surface area is 127 Å². The maximum atomic E-state index is 4.56. The number of nitrogens with one attached hydrogen (secondary N) is 1. The van der Waals surface area contributed by atoms with Gasteiger partial charge in [-0.15, -0.1) is 0 Å². The van der Waals surface area contributed by atoms with Gasteiger partial charge >= 0.3 is 0 Å². The Morgan fingerprint density at radius 2 is 1.86 bits per heavy atom. The molecule has 114 valence electrons. The van der Waals surface area contributed by atoms with E-state index in [4.69, 9.17) is 0 Å². The van der Waals surface area contributed by atoms with Crippen LogP contribution in [-0.2, 0) is 0 Å². The second kappa shape index (κ2) is 7.27. The predicted molar refractivity (Wildman–Crippen MR) is 92.3 cm³/mol. The summed E-state index contributed by atoms with van der Waals surface area (Å²) in [6.07, 6.45) is 1.90. The Hall–Kier alpha value is -1.81. The number of anilines is 2. The fraction of sp³-hybridized carbons (Fsp3) is 0.471. The van der Waals surface area contributed by atoms with Crippen LogP contribution in [0.4, 0.5) is 11.5 Å². The Bertz CT molecular complexity index is 576. The van der Waals surface area contributed by atoms with E-state index in [0.717, 1.165) is 32.0 Å². The Kier molecular flexibility index (Phi) is 5.39. The van der Waals surface area contributed by atoms with E-state index in [1.165, 1.54) is 16.5 Å². The molecule has 0 radical (unpaired) electrons. The van der Waals surface area contributed by atoms with Crippen LogP contribution in [0, 0.1) is 0 Å². The summed E-state index contributed by atoms with van der Waals surface area (Å²) >= 11 is 0. The number of likely N-dealkylation sites (N-methyl/N-ethyl adjacent to an activating group) is 1. The quantitative estimate of drug-likeness (QED) is 0.847. The van der Waals surface area contributed by atoms with Gasteiger partial charge in [-0.25, -0.2) is 4.98 Å². The first kappa shape index (κ1) is 15.6. The normalized spacial score (nSPS) is 11.1. The maximum absolute atomic E-state index is 4.56. The summed E-state index contributed by atoms with van der Waals surface area (Å²) in [6.45, 7) is 8.27. The zero-order chi connectivity index (χ0) is 15.2. The largest absolute Gasteiger partial charge is 0.384 e. The standard InChI is InChI=1S/C17H26N4/c1-5-21(6-2)17-16-8-7-15(18-11-12-20(3)4)13-14(16)9-10-19-17/h7-10,13,18H,5-6,11-12H2,1-4H3. The number of aromatic nitrogens is 1. The van der Waals surface area contributed by atoms with Gasteiger partial charge in [-0.3, -0.25) is 0 Å². The molecule has 0 fully saturated rings. The van der Waals surface area contributed by atoms with Crippen molar-refractivity contribution in [1.82, 2.24) is 9.88 Å². The van der Waals surface area contributed by atoms with Crippen molar-refractivity contribution >= 4 is 22.3 Å². The van der Waals surface area contributed by atoms with Gasteiger partial charge in [0.15, 0.2) is 0 Å². The van der Waals surface area contributed by atoms with Crippen LogP contribution in [0.25, 0.3) is 10.8 Å². The Morgan fingerprint density at radius 1 is 1.10 bits per heavy atom. The summed E-state index contributed by atoms with van der Waals surface area (Å²) in [6, 6.07) is 8.61. The molecule has 0 atom stereocenters. The third-order valence-electron chi connectivity index (χ3n) is 3.69. The Balaban J connectivity index is 2.24. The molecule has 0 saturated heterocycles. The lowest BCUT2D eigenvalue weighted by atomic mass is 10.1. The first-order valence-corrected chi connectivity index (χ1v) is 7.68. The molecule has 0 aliphatic rings. The number of rotatable bonds is 7. The molecular formula is C17H26N4. The highest BCUT2D eigenvalue weighted by atomic mass is 15.2. The molecular weight excluding hydrogens is 260 g/mol. The second-order valence-electron chi connectivity index (χ2n) is 5.47. The summed E-state index contributed by atoms with van der Waals surface area (Å²) < 4.78 is 0. The molecule has 0 aliphatic heterocycles. The van der Waals surface area contributed by atoms with Crippen molar-refractivity contribution in [2.75, 3.05) is 50.5 Å². The molecule has 21 heavy (non-hydrogen) atoms. The third kappa shape index (κ3) is 3.85. The lowest BCUT2D eigenvalue weighted by Crippen LogP contribution is -2.23. The highest BCUT2D eigenvalue weighted by Crippen LogP contribution is 2.26. The van der Waals surface area contributed by atoms with Crippen molar-refractivity contribution in [3.63, 3.8) is 0 Å². The molecule has 4 nitrogen and oxygen atoms in total. The zero-order valence-corrected chi connectivity index (χ0v) is 13.6. The predicted octanol–water partition coefficient (Wildman–Crippen LogP) is 3.05. The van der Waals surface area contributed by atoms with Gasteiger partial charge in [-0.05, 0) is 57.6 Å². The molecule has 1 aromatic carbocycles. The van der Waals surface area contributed by atoms with Crippen molar-refractivity contribution in [2.24, 2.45) is 0 Å². The van der Waals surface area contributed by atoms with E-state index in [0.29, 0.717) is 0 Å². The first-order valence-electron chi connectivity index (χ1n) is 7.68. The van der Waals surface area contributed by atoms with E-state index in [1.54, 1.807) is 0 Å². The lowest BCUT2D eigenvalue weighted by molar-refractivity contribution is 0.425. The van der Waals surface area contributed by atoms with Crippen LogP contribution in [0.5, 0.6) is 0 Å². The van der Waals surface area contributed by atoms with Crippen LogP contribution in [0.15, 0.2) is 30.5 Å². The molecule has 1 N–H and O–H groups in total. The van der Waals surface area contributed by atoms with Gasteiger partial charge in [0.2, 0.25) is 0 Å². The smallest absolute Gasteiger partial charge is 0.136 e. The summed E-state index contributed by atoms with van der Waals surface area (Å²) in [5.41, 5.74) is 1.17. The molecule has 1 aromatic heterocycles. The maximum Gasteiger partial charge on any atom is 0.136 e. The lowest BCUT2D eigenvalue weighted by Gasteiger charge is -2.21. The average molecular weight is 286 g/mol. The summed E-state index contributed by atoms with van der Waals surface area (Å²) in [5.74, 6) is 1.08. The molecule has 0 amide bonds. The third-order valence-corrected chi connectivity index (χ3v) is 3.69. The van der Waals surface area contributed by atoms with E-state index >= 15 is 0 Å². The minimum atomic E-state index is 0.951. The SMILES string of the molecule is CCN(CC)c1nccc2cc(NCCN(C)C)ccc12. The van der Waals surface area contributed by atoms with Crippen molar-refractivity contribution < 1.29 is 0 Å². The van der Waals surface area contributed by atoms with E-state index in [2.05, 4.69) is 72.3 Å². The fourth-order valence-electron chi connectivity index (χ4n) is 2.47. The van der Waals surface area contributed by atoms with Gasteiger partial charge in [0.25, 0.3) is 0 Å². The minimum absolute atomic E-state index is 0.951. The molecule has 0 saturated carbocycles. The number of pyridine rings is 1. The second-order valence-corrected chi connectivity index (χ2v) is 5.47. The summed E-state index contributed by atoms with van der Waals surface area (Å²) in [7, 11) is 4.17. The number of fused-ring (bicyclic) bond motifs is 1. The molecule has 4 heteroatoms. The highest BCUT2D eigenvalue weighted by molar-refractivity contribution is 5.94. The molecule has 0 spiro atoms. The first-order chi connectivity index (χ1) is 10.2. The molecule has 0 unspecified atom stereocenters. The van der Waals surface area contributed by atoms with Crippen LogP contribution in [0.2, 0.25) is 0 Å². The van der Waals surface area contributed by atoms with Gasteiger partial charge in [-0.1, -0.05) is 0 Å². The van der Waals surface area contributed by atoms with Crippen LogP contribution in [0.3, 0.4) is 0 Å². The van der Waals surface area contributed by atoms with E-state index in [9.17, 15) is 0 Å². The van der Waals surface area contributed by atoms with Crippen LogP contribution >= 0.6 is 0 Å². The number of benzene rings is 1. The van der Waals surface area contributed by atoms with Crippen LogP contribution in [0.1, 0.15) is 13.8 Å². The van der Waals surface area contributed by atoms with E-state index in [1.807, 2.05) is 6.20 Å². The Morgan fingerprint density at radius 3 is 2.52 bits per heavy atom. The number of hydrogen-bond donors (Lipinski definition) is 1. The van der Waals surface area contributed by atoms with Crippen molar-refractivity contribution in [3.8, 4) is 0 Å².